The zero-order valence-electron chi connectivity index (χ0n) is 6.94. The van der Waals surface area contributed by atoms with Crippen molar-refractivity contribution in [1.82, 2.24) is 9.36 Å². The molecule has 0 aliphatic carbocycles. The molecule has 0 spiro atoms. The summed E-state index contributed by atoms with van der Waals surface area (Å²) in [4.78, 5) is 4.18. The maximum atomic E-state index is 8.52. The molecule has 5 heteroatoms. The van der Waals surface area contributed by atoms with Crippen LogP contribution in [0.4, 0.5) is 0 Å². The minimum absolute atomic E-state index is 0.0826. The lowest BCUT2D eigenvalue weighted by Crippen LogP contribution is -1.92. The molecule has 1 rings (SSSR count). The van der Waals surface area contributed by atoms with E-state index < -0.39 is 0 Å². The van der Waals surface area contributed by atoms with E-state index in [0.29, 0.717) is 0 Å². The second-order valence-corrected chi connectivity index (χ2v) is 4.47. The van der Waals surface area contributed by atoms with Crippen LogP contribution in [0.3, 0.4) is 0 Å². The Labute approximate surface area is 80.0 Å². The molecule has 0 radical (unpaired) electrons. The highest BCUT2D eigenvalue weighted by Crippen LogP contribution is 2.21. The first-order valence-electron chi connectivity index (χ1n) is 3.55. The van der Waals surface area contributed by atoms with Gasteiger partial charge in [-0.15, -0.1) is 0 Å². The number of aryl methyl sites for hydroxylation is 1. The summed E-state index contributed by atoms with van der Waals surface area (Å²) in [6.45, 7) is 3.77. The van der Waals surface area contributed by atoms with E-state index in [2.05, 4.69) is 15.4 Å². The molecule has 0 fully saturated rings. The lowest BCUT2D eigenvalue weighted by atomic mass is 10.3. The molecule has 0 saturated heterocycles. The minimum Gasteiger partial charge on any atom is -0.213 e. The topological polar surface area (TPSA) is 49.6 Å². The van der Waals surface area contributed by atoms with Crippen molar-refractivity contribution in [2.45, 2.75) is 18.2 Å². The lowest BCUT2D eigenvalue weighted by molar-refractivity contribution is 0.863. The van der Waals surface area contributed by atoms with Crippen LogP contribution in [0.2, 0.25) is 0 Å². The van der Waals surface area contributed by atoms with Gasteiger partial charge in [-0.1, -0.05) is 11.8 Å². The highest BCUT2D eigenvalue weighted by Gasteiger charge is 2.04. The highest BCUT2D eigenvalue weighted by atomic mass is 32.2. The molecule has 1 aromatic rings. The van der Waals surface area contributed by atoms with E-state index in [1.807, 2.05) is 13.8 Å². The van der Waals surface area contributed by atoms with E-state index in [-0.39, 0.29) is 5.92 Å². The number of hydrogen-bond acceptors (Lipinski definition) is 5. The number of thioether (sulfide) groups is 1. The van der Waals surface area contributed by atoms with E-state index in [1.165, 1.54) is 11.5 Å². The number of hydrogen-bond donors (Lipinski definition) is 0. The predicted octanol–water partition coefficient (Wildman–Crippen LogP) is 2.10. The van der Waals surface area contributed by atoms with Crippen LogP contribution in [0.1, 0.15) is 12.7 Å². The van der Waals surface area contributed by atoms with Crippen LogP contribution in [0, 0.1) is 24.2 Å². The fraction of sp³-hybridized carbons (Fsp3) is 0.571. The summed E-state index contributed by atoms with van der Waals surface area (Å²) in [6, 6.07) is 2.18. The molecule has 1 atom stereocenters. The zero-order chi connectivity index (χ0) is 8.97. The van der Waals surface area contributed by atoms with Crippen molar-refractivity contribution in [3.05, 3.63) is 5.82 Å². The third kappa shape index (κ3) is 2.80. The molecule has 0 N–H and O–H groups in total. The average Bonchev–Trinajstić information content (AvgIpc) is 2.47. The average molecular weight is 199 g/mol. The summed E-state index contributed by atoms with van der Waals surface area (Å²) >= 11 is 2.99. The first kappa shape index (κ1) is 9.49. The quantitative estimate of drug-likeness (QED) is 0.699. The van der Waals surface area contributed by atoms with Gasteiger partial charge in [0.25, 0.3) is 0 Å². The Kier molecular flexibility index (Phi) is 3.50. The van der Waals surface area contributed by atoms with Gasteiger partial charge in [-0.25, -0.2) is 4.98 Å². The van der Waals surface area contributed by atoms with Gasteiger partial charge in [-0.05, 0) is 25.4 Å². The largest absolute Gasteiger partial charge is 0.213 e. The third-order valence-electron chi connectivity index (χ3n) is 1.19. The molecule has 0 saturated carbocycles. The molecule has 0 aliphatic heterocycles. The summed E-state index contributed by atoms with van der Waals surface area (Å²) in [5.74, 6) is 1.69. The normalized spacial score (nSPS) is 12.4. The number of nitriles is 1. The Balaban J connectivity index is 2.39. The summed E-state index contributed by atoms with van der Waals surface area (Å²) in [5.41, 5.74) is 0. The van der Waals surface area contributed by atoms with E-state index in [4.69, 9.17) is 5.26 Å². The maximum Gasteiger partial charge on any atom is 0.170 e. The molecule has 12 heavy (non-hydrogen) atoms. The second kappa shape index (κ2) is 4.43. The van der Waals surface area contributed by atoms with Crippen LogP contribution in [0.5, 0.6) is 0 Å². The van der Waals surface area contributed by atoms with Crippen LogP contribution in [-0.2, 0) is 0 Å². The molecular weight excluding hydrogens is 190 g/mol. The molecule has 0 aromatic carbocycles. The molecular formula is C7H9N3S2. The second-order valence-electron chi connectivity index (χ2n) is 2.45. The van der Waals surface area contributed by atoms with Gasteiger partial charge in [0, 0.05) is 5.75 Å². The Morgan fingerprint density at radius 3 is 3.00 bits per heavy atom. The third-order valence-corrected chi connectivity index (χ3v) is 3.37. The number of aromatic nitrogens is 2. The summed E-state index contributed by atoms with van der Waals surface area (Å²) in [6.07, 6.45) is 0. The Morgan fingerprint density at radius 2 is 2.50 bits per heavy atom. The van der Waals surface area contributed by atoms with Gasteiger partial charge in [0.1, 0.15) is 5.82 Å². The van der Waals surface area contributed by atoms with Gasteiger partial charge < -0.3 is 0 Å². The summed E-state index contributed by atoms with van der Waals surface area (Å²) in [5, 5.41) is 8.52. The van der Waals surface area contributed by atoms with Crippen molar-refractivity contribution in [3.63, 3.8) is 0 Å². The van der Waals surface area contributed by atoms with Crippen molar-refractivity contribution in [3.8, 4) is 6.07 Å². The fourth-order valence-corrected chi connectivity index (χ4v) is 2.18. The minimum atomic E-state index is 0.0826. The van der Waals surface area contributed by atoms with Crippen molar-refractivity contribution in [1.29, 1.82) is 5.26 Å². The van der Waals surface area contributed by atoms with Crippen molar-refractivity contribution >= 4 is 23.3 Å². The van der Waals surface area contributed by atoms with Gasteiger partial charge in [0.05, 0.1) is 12.0 Å². The van der Waals surface area contributed by atoms with E-state index in [9.17, 15) is 0 Å². The van der Waals surface area contributed by atoms with Crippen LogP contribution in [-0.4, -0.2) is 15.1 Å². The number of rotatable bonds is 3. The molecule has 1 unspecified atom stereocenters. The lowest BCUT2D eigenvalue weighted by Gasteiger charge is -1.96. The van der Waals surface area contributed by atoms with Gasteiger partial charge in [-0.3, -0.25) is 0 Å². The predicted molar refractivity (Wildman–Crippen MR) is 50.1 cm³/mol. The van der Waals surface area contributed by atoms with E-state index >= 15 is 0 Å². The molecule has 0 bridgehead atoms. The van der Waals surface area contributed by atoms with E-state index in [0.717, 1.165) is 15.9 Å². The Morgan fingerprint density at radius 1 is 1.75 bits per heavy atom. The molecule has 3 nitrogen and oxygen atoms in total. The monoisotopic (exact) mass is 199 g/mol. The van der Waals surface area contributed by atoms with Gasteiger partial charge in [0.15, 0.2) is 4.34 Å². The summed E-state index contributed by atoms with van der Waals surface area (Å²) < 4.78 is 5.00. The molecule has 0 amide bonds. The molecule has 64 valence electrons. The van der Waals surface area contributed by atoms with Crippen LogP contribution >= 0.6 is 23.3 Å². The highest BCUT2D eigenvalue weighted by molar-refractivity contribution is 8.00. The Bertz CT molecular complexity index is 289. The van der Waals surface area contributed by atoms with Crippen molar-refractivity contribution in [2.75, 3.05) is 5.75 Å². The maximum absolute atomic E-state index is 8.52. The number of nitrogens with zero attached hydrogens (tertiary/aromatic N) is 3. The van der Waals surface area contributed by atoms with Gasteiger partial charge in [-0.2, -0.15) is 9.64 Å². The van der Waals surface area contributed by atoms with Crippen LogP contribution in [0.25, 0.3) is 0 Å². The fourth-order valence-electron chi connectivity index (χ4n) is 0.570. The zero-order valence-corrected chi connectivity index (χ0v) is 8.58. The summed E-state index contributed by atoms with van der Waals surface area (Å²) in [7, 11) is 0. The van der Waals surface area contributed by atoms with Crippen LogP contribution in [0.15, 0.2) is 4.34 Å². The molecule has 0 aliphatic rings. The first-order valence-corrected chi connectivity index (χ1v) is 5.31. The van der Waals surface area contributed by atoms with Gasteiger partial charge >= 0.3 is 0 Å². The van der Waals surface area contributed by atoms with Crippen molar-refractivity contribution < 1.29 is 0 Å². The molecule has 1 heterocycles. The molecule has 1 aromatic heterocycles. The van der Waals surface area contributed by atoms with Crippen LogP contribution < -0.4 is 0 Å². The Hall–Kier alpha value is -0.600. The first-order chi connectivity index (χ1) is 5.72. The van der Waals surface area contributed by atoms with E-state index in [1.54, 1.807) is 11.8 Å². The standard InChI is InChI=1S/C7H9N3S2/c1-5(3-8)4-11-7-9-6(2)10-12-7/h5H,4H2,1-2H3. The SMILES string of the molecule is Cc1nsc(SCC(C)C#N)n1. The van der Waals surface area contributed by atoms with Gasteiger partial charge in [0.2, 0.25) is 0 Å². The van der Waals surface area contributed by atoms with Crippen molar-refractivity contribution in [2.24, 2.45) is 5.92 Å². The smallest absolute Gasteiger partial charge is 0.170 e.